The van der Waals surface area contributed by atoms with Crippen molar-refractivity contribution < 1.29 is 5.11 Å². The van der Waals surface area contributed by atoms with Gasteiger partial charge in [-0.15, -0.1) is 0 Å². The second-order valence-electron chi connectivity index (χ2n) is 3.54. The molecule has 3 N–H and O–H groups in total. The van der Waals surface area contributed by atoms with Gasteiger partial charge in [-0.25, -0.2) is 0 Å². The highest BCUT2D eigenvalue weighted by Gasteiger charge is 2.21. The van der Waals surface area contributed by atoms with Crippen molar-refractivity contribution in [1.82, 2.24) is 5.32 Å². The zero-order valence-electron chi connectivity index (χ0n) is 7.96. The zero-order valence-corrected chi connectivity index (χ0v) is 7.96. The molecule has 0 atom stereocenters. The Kier molecular flexibility index (Phi) is 2.31. The normalized spacial score (nSPS) is 14.9. The molecule has 1 aromatic carbocycles. The number of benzene rings is 1. The molecule has 0 unspecified atom stereocenters. The Hall–Kier alpha value is -1.64. The number of phenols is 1. The lowest BCUT2D eigenvalue weighted by molar-refractivity contribution is 0.477. The number of hydrogen-bond donors (Lipinski definition) is 3. The van der Waals surface area contributed by atoms with Crippen molar-refractivity contribution in [3.8, 4) is 5.75 Å². The standard InChI is InChI=1S/C11H14N2O/c1-8(12-9-6-7-9)13-10-4-2-3-5-11(10)14/h2-5,9,12-14H,1,6-7H2. The molecule has 0 saturated heterocycles. The maximum absolute atomic E-state index is 9.48. The highest BCUT2D eigenvalue weighted by molar-refractivity contribution is 5.57. The summed E-state index contributed by atoms with van der Waals surface area (Å²) in [5, 5.41) is 15.7. The molecule has 1 saturated carbocycles. The predicted octanol–water partition coefficient (Wildman–Crippen LogP) is 2.03. The van der Waals surface area contributed by atoms with E-state index in [0.717, 1.165) is 5.82 Å². The summed E-state index contributed by atoms with van der Waals surface area (Å²) in [6.45, 7) is 3.84. The number of rotatable bonds is 4. The van der Waals surface area contributed by atoms with E-state index in [0.29, 0.717) is 11.7 Å². The molecule has 0 spiro atoms. The van der Waals surface area contributed by atoms with E-state index in [-0.39, 0.29) is 5.75 Å². The first-order chi connectivity index (χ1) is 6.75. The molecule has 14 heavy (non-hydrogen) atoms. The number of phenolic OH excluding ortho intramolecular Hbond substituents is 1. The van der Waals surface area contributed by atoms with Gasteiger partial charge >= 0.3 is 0 Å². The van der Waals surface area contributed by atoms with Crippen LogP contribution in [0, 0.1) is 0 Å². The van der Waals surface area contributed by atoms with Crippen LogP contribution in [0.1, 0.15) is 12.8 Å². The van der Waals surface area contributed by atoms with Gasteiger partial charge in [0.25, 0.3) is 0 Å². The molecule has 2 rings (SSSR count). The van der Waals surface area contributed by atoms with Gasteiger partial charge in [0.1, 0.15) is 5.75 Å². The monoisotopic (exact) mass is 190 g/mol. The van der Waals surface area contributed by atoms with Crippen LogP contribution in [0.15, 0.2) is 36.7 Å². The van der Waals surface area contributed by atoms with Gasteiger partial charge in [0.05, 0.1) is 11.5 Å². The van der Waals surface area contributed by atoms with Crippen LogP contribution >= 0.6 is 0 Å². The summed E-state index contributed by atoms with van der Waals surface area (Å²) in [6, 6.07) is 7.69. The molecule has 1 aliphatic carbocycles. The molecule has 1 aliphatic rings. The second-order valence-corrected chi connectivity index (χ2v) is 3.54. The second kappa shape index (κ2) is 3.62. The predicted molar refractivity (Wildman–Crippen MR) is 57.0 cm³/mol. The summed E-state index contributed by atoms with van der Waals surface area (Å²) >= 11 is 0. The Morgan fingerprint density at radius 1 is 1.36 bits per heavy atom. The van der Waals surface area contributed by atoms with Crippen LogP contribution in [-0.2, 0) is 0 Å². The molecule has 1 fully saturated rings. The molecule has 0 aliphatic heterocycles. The van der Waals surface area contributed by atoms with Crippen LogP contribution in [-0.4, -0.2) is 11.1 Å². The smallest absolute Gasteiger partial charge is 0.139 e. The van der Waals surface area contributed by atoms with Crippen LogP contribution in [0.2, 0.25) is 0 Å². The minimum atomic E-state index is 0.242. The molecule has 1 aromatic rings. The maximum Gasteiger partial charge on any atom is 0.139 e. The lowest BCUT2D eigenvalue weighted by atomic mass is 10.3. The highest BCUT2D eigenvalue weighted by Crippen LogP contribution is 2.24. The first kappa shape index (κ1) is 8.94. The molecule has 74 valence electrons. The van der Waals surface area contributed by atoms with Crippen LogP contribution < -0.4 is 10.6 Å². The Morgan fingerprint density at radius 3 is 2.71 bits per heavy atom. The van der Waals surface area contributed by atoms with Gasteiger partial charge in [-0.3, -0.25) is 0 Å². The third-order valence-electron chi connectivity index (χ3n) is 2.15. The van der Waals surface area contributed by atoms with E-state index in [2.05, 4.69) is 17.2 Å². The van der Waals surface area contributed by atoms with Gasteiger partial charge in [0.2, 0.25) is 0 Å². The fourth-order valence-electron chi connectivity index (χ4n) is 1.25. The third-order valence-corrected chi connectivity index (χ3v) is 2.15. The van der Waals surface area contributed by atoms with Crippen molar-refractivity contribution in [2.75, 3.05) is 5.32 Å². The topological polar surface area (TPSA) is 44.3 Å². The Balaban J connectivity index is 1.95. The Morgan fingerprint density at radius 2 is 2.07 bits per heavy atom. The van der Waals surface area contributed by atoms with E-state index >= 15 is 0 Å². The minimum absolute atomic E-state index is 0.242. The Labute approximate surface area is 83.5 Å². The molecule has 0 amide bonds. The van der Waals surface area contributed by atoms with Gasteiger partial charge < -0.3 is 15.7 Å². The molecular weight excluding hydrogens is 176 g/mol. The van der Waals surface area contributed by atoms with Crippen molar-refractivity contribution in [2.24, 2.45) is 0 Å². The number of anilines is 1. The molecule has 3 heteroatoms. The van der Waals surface area contributed by atoms with Crippen LogP contribution in [0.5, 0.6) is 5.75 Å². The maximum atomic E-state index is 9.48. The average Bonchev–Trinajstić information content (AvgIpc) is 2.93. The van der Waals surface area contributed by atoms with Gasteiger partial charge in [-0.05, 0) is 25.0 Å². The first-order valence-electron chi connectivity index (χ1n) is 4.76. The SMILES string of the molecule is C=C(Nc1ccccc1O)NC1CC1. The fourth-order valence-corrected chi connectivity index (χ4v) is 1.25. The average molecular weight is 190 g/mol. The molecule has 3 nitrogen and oxygen atoms in total. The molecule has 0 radical (unpaired) electrons. The largest absolute Gasteiger partial charge is 0.506 e. The number of para-hydroxylation sites is 2. The zero-order chi connectivity index (χ0) is 9.97. The van der Waals surface area contributed by atoms with Crippen molar-refractivity contribution in [1.29, 1.82) is 0 Å². The van der Waals surface area contributed by atoms with Gasteiger partial charge in [0.15, 0.2) is 0 Å². The lowest BCUT2D eigenvalue weighted by Gasteiger charge is -2.12. The van der Waals surface area contributed by atoms with E-state index in [1.54, 1.807) is 12.1 Å². The molecular formula is C11H14N2O. The van der Waals surface area contributed by atoms with Gasteiger partial charge in [-0.1, -0.05) is 18.7 Å². The summed E-state index contributed by atoms with van der Waals surface area (Å²) in [6.07, 6.45) is 2.42. The Bertz CT molecular complexity index is 345. The third kappa shape index (κ3) is 2.19. The summed E-state index contributed by atoms with van der Waals surface area (Å²) in [5.74, 6) is 0.986. The van der Waals surface area contributed by atoms with Crippen molar-refractivity contribution in [3.05, 3.63) is 36.7 Å². The minimum Gasteiger partial charge on any atom is -0.506 e. The van der Waals surface area contributed by atoms with E-state index in [9.17, 15) is 5.11 Å². The van der Waals surface area contributed by atoms with Crippen molar-refractivity contribution >= 4 is 5.69 Å². The highest BCUT2D eigenvalue weighted by atomic mass is 16.3. The van der Waals surface area contributed by atoms with E-state index in [1.165, 1.54) is 12.8 Å². The number of aromatic hydroxyl groups is 1. The van der Waals surface area contributed by atoms with Gasteiger partial charge in [-0.2, -0.15) is 0 Å². The first-order valence-corrected chi connectivity index (χ1v) is 4.76. The molecule has 0 aromatic heterocycles. The quantitative estimate of drug-likeness (QED) is 0.636. The molecule has 0 heterocycles. The van der Waals surface area contributed by atoms with Crippen molar-refractivity contribution in [3.63, 3.8) is 0 Å². The molecule has 0 bridgehead atoms. The lowest BCUT2D eigenvalue weighted by Crippen LogP contribution is -2.20. The number of nitrogens with one attached hydrogen (secondary N) is 2. The van der Waals surface area contributed by atoms with Crippen LogP contribution in [0.25, 0.3) is 0 Å². The van der Waals surface area contributed by atoms with Crippen LogP contribution in [0.3, 0.4) is 0 Å². The van der Waals surface area contributed by atoms with Crippen molar-refractivity contribution in [2.45, 2.75) is 18.9 Å². The fraction of sp³-hybridized carbons (Fsp3) is 0.273. The van der Waals surface area contributed by atoms with E-state index < -0.39 is 0 Å². The van der Waals surface area contributed by atoms with E-state index in [4.69, 9.17) is 0 Å². The summed E-state index contributed by atoms with van der Waals surface area (Å²) < 4.78 is 0. The summed E-state index contributed by atoms with van der Waals surface area (Å²) in [7, 11) is 0. The number of hydrogen-bond acceptors (Lipinski definition) is 3. The van der Waals surface area contributed by atoms with E-state index in [1.807, 2.05) is 12.1 Å². The van der Waals surface area contributed by atoms with Gasteiger partial charge in [0, 0.05) is 6.04 Å². The summed E-state index contributed by atoms with van der Waals surface area (Å²) in [5.41, 5.74) is 0.686. The summed E-state index contributed by atoms with van der Waals surface area (Å²) in [4.78, 5) is 0. The van der Waals surface area contributed by atoms with Crippen LogP contribution in [0.4, 0.5) is 5.69 Å².